The van der Waals surface area contributed by atoms with Crippen molar-refractivity contribution in [2.24, 2.45) is 0 Å². The summed E-state index contributed by atoms with van der Waals surface area (Å²) in [6.07, 6.45) is 0.814. The summed E-state index contributed by atoms with van der Waals surface area (Å²) in [6.45, 7) is 3.63. The van der Waals surface area contributed by atoms with Crippen LogP contribution < -0.4 is 5.32 Å². The van der Waals surface area contributed by atoms with Crippen molar-refractivity contribution >= 4 is 11.5 Å². The molecule has 0 aliphatic rings. The number of anilines is 1. The molecule has 2 aromatic rings. The van der Waals surface area contributed by atoms with Crippen molar-refractivity contribution in [3.8, 4) is 0 Å². The van der Waals surface area contributed by atoms with Gasteiger partial charge in [-0.05, 0) is 62.2 Å². The fourth-order valence-corrected chi connectivity index (χ4v) is 2.11. The van der Waals surface area contributed by atoms with E-state index >= 15 is 0 Å². The number of ketones is 1. The molecule has 20 heavy (non-hydrogen) atoms. The van der Waals surface area contributed by atoms with Crippen LogP contribution in [0.4, 0.5) is 10.1 Å². The Kier molecular flexibility index (Phi) is 4.51. The zero-order valence-electron chi connectivity index (χ0n) is 11.7. The summed E-state index contributed by atoms with van der Waals surface area (Å²) < 4.78 is 12.8. The molecule has 0 bridgehead atoms. The van der Waals surface area contributed by atoms with Gasteiger partial charge in [0.05, 0.1) is 0 Å². The fraction of sp³-hybridized carbons (Fsp3) is 0.235. The Balaban J connectivity index is 1.95. The lowest BCUT2D eigenvalue weighted by molar-refractivity contribution is 0.101. The summed E-state index contributed by atoms with van der Waals surface area (Å²) in [7, 11) is 0. The second kappa shape index (κ2) is 6.33. The maximum absolute atomic E-state index is 12.8. The van der Waals surface area contributed by atoms with E-state index in [0.717, 1.165) is 17.7 Å². The normalized spacial score (nSPS) is 11.9. The number of carbonyl (C=O) groups excluding carboxylic acids is 1. The third-order valence-electron chi connectivity index (χ3n) is 3.16. The van der Waals surface area contributed by atoms with Gasteiger partial charge in [0.2, 0.25) is 0 Å². The van der Waals surface area contributed by atoms with Crippen molar-refractivity contribution in [3.05, 3.63) is 65.5 Å². The number of carbonyl (C=O) groups is 1. The largest absolute Gasteiger partial charge is 0.382 e. The molecule has 0 amide bonds. The third kappa shape index (κ3) is 3.92. The highest BCUT2D eigenvalue weighted by atomic mass is 19.1. The minimum atomic E-state index is -0.214. The predicted octanol–water partition coefficient (Wildman–Crippen LogP) is 4.07. The number of rotatable bonds is 5. The van der Waals surface area contributed by atoms with E-state index in [4.69, 9.17) is 0 Å². The van der Waals surface area contributed by atoms with Gasteiger partial charge in [0.25, 0.3) is 0 Å². The monoisotopic (exact) mass is 271 g/mol. The molecule has 104 valence electrons. The third-order valence-corrected chi connectivity index (χ3v) is 3.16. The van der Waals surface area contributed by atoms with Gasteiger partial charge in [-0.15, -0.1) is 0 Å². The molecule has 1 N–H and O–H groups in total. The molecule has 2 aromatic carbocycles. The number of nitrogens with one attached hydrogen (secondary N) is 1. The quantitative estimate of drug-likeness (QED) is 0.830. The summed E-state index contributed by atoms with van der Waals surface area (Å²) in [6, 6.07) is 14.2. The minimum Gasteiger partial charge on any atom is -0.382 e. The van der Waals surface area contributed by atoms with Gasteiger partial charge in [-0.3, -0.25) is 4.79 Å². The predicted molar refractivity (Wildman–Crippen MR) is 79.6 cm³/mol. The van der Waals surface area contributed by atoms with Gasteiger partial charge >= 0.3 is 0 Å². The van der Waals surface area contributed by atoms with Gasteiger partial charge in [-0.25, -0.2) is 4.39 Å². The molecule has 0 saturated heterocycles. The van der Waals surface area contributed by atoms with Gasteiger partial charge in [-0.1, -0.05) is 12.1 Å². The molecule has 1 atom stereocenters. The average Bonchev–Trinajstić information content (AvgIpc) is 2.42. The molecule has 3 heteroatoms. The van der Waals surface area contributed by atoms with Gasteiger partial charge < -0.3 is 5.32 Å². The highest BCUT2D eigenvalue weighted by molar-refractivity contribution is 5.94. The average molecular weight is 271 g/mol. The molecule has 0 saturated carbocycles. The van der Waals surface area contributed by atoms with Crippen molar-refractivity contribution in [2.45, 2.75) is 26.3 Å². The lowest BCUT2D eigenvalue weighted by Gasteiger charge is -2.15. The van der Waals surface area contributed by atoms with Crippen LogP contribution in [0.3, 0.4) is 0 Å². The first-order valence-corrected chi connectivity index (χ1v) is 6.66. The first kappa shape index (κ1) is 14.3. The van der Waals surface area contributed by atoms with Crippen molar-refractivity contribution < 1.29 is 9.18 Å². The van der Waals surface area contributed by atoms with Gasteiger partial charge in [0.15, 0.2) is 5.78 Å². The van der Waals surface area contributed by atoms with E-state index in [0.29, 0.717) is 5.56 Å². The van der Waals surface area contributed by atoms with Crippen molar-refractivity contribution in [1.29, 1.82) is 0 Å². The molecule has 0 aliphatic heterocycles. The molecule has 0 radical (unpaired) electrons. The van der Waals surface area contributed by atoms with Crippen molar-refractivity contribution in [1.82, 2.24) is 0 Å². The highest BCUT2D eigenvalue weighted by Crippen LogP contribution is 2.13. The topological polar surface area (TPSA) is 29.1 Å². The Morgan fingerprint density at radius 2 is 1.70 bits per heavy atom. The number of hydrogen-bond acceptors (Lipinski definition) is 2. The summed E-state index contributed by atoms with van der Waals surface area (Å²) in [5.41, 5.74) is 2.78. The molecule has 0 aliphatic carbocycles. The maximum Gasteiger partial charge on any atom is 0.159 e. The van der Waals surface area contributed by atoms with Crippen LogP contribution in [0.25, 0.3) is 0 Å². The first-order valence-electron chi connectivity index (χ1n) is 6.66. The SMILES string of the molecule is CC(=O)c1ccc(NC(C)Cc2ccc(F)cc2)cc1. The number of Topliss-reactive ketones (excluding diaryl/α,β-unsaturated/α-hetero) is 1. The highest BCUT2D eigenvalue weighted by Gasteiger charge is 2.05. The second-order valence-electron chi connectivity index (χ2n) is 5.01. The van der Waals surface area contributed by atoms with E-state index in [-0.39, 0.29) is 17.6 Å². The van der Waals surface area contributed by atoms with Gasteiger partial charge in [-0.2, -0.15) is 0 Å². The van der Waals surface area contributed by atoms with Crippen LogP contribution in [0.2, 0.25) is 0 Å². The van der Waals surface area contributed by atoms with E-state index in [1.807, 2.05) is 24.3 Å². The number of halogens is 1. The van der Waals surface area contributed by atoms with Gasteiger partial charge in [0, 0.05) is 17.3 Å². The van der Waals surface area contributed by atoms with Crippen LogP contribution >= 0.6 is 0 Å². The van der Waals surface area contributed by atoms with E-state index in [9.17, 15) is 9.18 Å². The number of benzene rings is 2. The van der Waals surface area contributed by atoms with E-state index in [2.05, 4.69) is 12.2 Å². The Labute approximate surface area is 118 Å². The molecule has 0 fully saturated rings. The summed E-state index contributed by atoms with van der Waals surface area (Å²) >= 11 is 0. The zero-order chi connectivity index (χ0) is 14.5. The molecule has 0 heterocycles. The molecule has 2 nitrogen and oxygen atoms in total. The molecule has 0 aromatic heterocycles. The molecule has 2 rings (SSSR count). The first-order chi connectivity index (χ1) is 9.54. The van der Waals surface area contributed by atoms with E-state index in [1.54, 1.807) is 19.1 Å². The molecular formula is C17H18FNO. The van der Waals surface area contributed by atoms with Crippen LogP contribution in [0.1, 0.15) is 29.8 Å². The lowest BCUT2D eigenvalue weighted by atomic mass is 10.1. The fourth-order valence-electron chi connectivity index (χ4n) is 2.11. The van der Waals surface area contributed by atoms with Gasteiger partial charge in [0.1, 0.15) is 5.82 Å². The van der Waals surface area contributed by atoms with E-state index in [1.165, 1.54) is 12.1 Å². The van der Waals surface area contributed by atoms with Crippen LogP contribution in [-0.4, -0.2) is 11.8 Å². The summed E-state index contributed by atoms with van der Waals surface area (Å²) in [5, 5.41) is 3.37. The Morgan fingerprint density at radius 1 is 1.10 bits per heavy atom. The summed E-state index contributed by atoms with van der Waals surface area (Å²) in [4.78, 5) is 11.2. The van der Waals surface area contributed by atoms with Crippen LogP contribution in [0.5, 0.6) is 0 Å². The molecule has 0 spiro atoms. The Bertz CT molecular complexity index is 575. The smallest absolute Gasteiger partial charge is 0.159 e. The van der Waals surface area contributed by atoms with Crippen LogP contribution in [-0.2, 0) is 6.42 Å². The van der Waals surface area contributed by atoms with Crippen LogP contribution in [0.15, 0.2) is 48.5 Å². The lowest BCUT2D eigenvalue weighted by Crippen LogP contribution is -2.18. The Morgan fingerprint density at radius 3 is 2.25 bits per heavy atom. The maximum atomic E-state index is 12.8. The summed E-state index contributed by atoms with van der Waals surface area (Å²) in [5.74, 6) is -0.148. The Hall–Kier alpha value is -2.16. The zero-order valence-corrected chi connectivity index (χ0v) is 11.7. The van der Waals surface area contributed by atoms with Crippen LogP contribution in [0, 0.1) is 5.82 Å². The van der Waals surface area contributed by atoms with Crippen molar-refractivity contribution in [3.63, 3.8) is 0 Å². The minimum absolute atomic E-state index is 0.0657. The van der Waals surface area contributed by atoms with Crippen molar-refractivity contribution in [2.75, 3.05) is 5.32 Å². The molecular weight excluding hydrogens is 253 g/mol. The van der Waals surface area contributed by atoms with E-state index < -0.39 is 0 Å². The molecule has 1 unspecified atom stereocenters. The number of hydrogen-bond donors (Lipinski definition) is 1. The standard InChI is InChI=1S/C17H18FNO/c1-12(11-14-3-7-16(18)8-4-14)19-17-9-5-15(6-10-17)13(2)20/h3-10,12,19H,11H2,1-2H3. The second-order valence-corrected chi connectivity index (χ2v) is 5.01.